The summed E-state index contributed by atoms with van der Waals surface area (Å²) in [7, 11) is 3.44. The molecule has 156 valence electrons. The summed E-state index contributed by atoms with van der Waals surface area (Å²) in [4.78, 5) is 0. The standard InChI is InChI=1S/C23H32Br2O3/c1-12(2)9-13-11-23(8-7-14-10-15(23)22(14,3)4)28-20-16(13)19(26-5)17(24)21(27-6)18(20)25/h12-15H,7-11H2,1-6H3/t13?,14-,15+,23+/m0/s1. The van der Waals surface area contributed by atoms with Crippen molar-refractivity contribution in [1.82, 2.24) is 0 Å². The van der Waals surface area contributed by atoms with Crippen molar-refractivity contribution in [3.8, 4) is 17.2 Å². The molecule has 3 saturated carbocycles. The van der Waals surface area contributed by atoms with Gasteiger partial charge in [-0.25, -0.2) is 0 Å². The second-order valence-corrected chi connectivity index (χ2v) is 11.6. The number of ether oxygens (including phenoxy) is 3. The molecule has 0 aromatic heterocycles. The van der Waals surface area contributed by atoms with Gasteiger partial charge in [-0.15, -0.1) is 0 Å². The maximum Gasteiger partial charge on any atom is 0.154 e. The van der Waals surface area contributed by atoms with E-state index in [1.165, 1.54) is 18.4 Å². The summed E-state index contributed by atoms with van der Waals surface area (Å²) in [5.41, 5.74) is 1.49. The van der Waals surface area contributed by atoms with E-state index in [0.717, 1.165) is 51.4 Å². The molecule has 3 fully saturated rings. The number of benzene rings is 1. The van der Waals surface area contributed by atoms with Gasteiger partial charge in [0.25, 0.3) is 0 Å². The van der Waals surface area contributed by atoms with E-state index in [1.807, 2.05) is 0 Å². The van der Waals surface area contributed by atoms with Gasteiger partial charge in [0.15, 0.2) is 5.75 Å². The van der Waals surface area contributed by atoms with E-state index in [2.05, 4.69) is 59.6 Å². The molecule has 4 aliphatic rings. The van der Waals surface area contributed by atoms with Crippen LogP contribution in [0.1, 0.15) is 71.3 Å². The Labute approximate surface area is 186 Å². The molecule has 0 saturated heterocycles. The SMILES string of the molecule is COc1c(Br)c(OC)c2c(c1Br)O[C@]1(CC[C@H]3C[C@@H]1C3(C)C)CC2CC(C)C. The van der Waals surface area contributed by atoms with E-state index >= 15 is 0 Å². The molecule has 0 radical (unpaired) electrons. The first-order valence-electron chi connectivity index (χ1n) is 10.5. The molecule has 0 amide bonds. The second kappa shape index (κ2) is 7.08. The van der Waals surface area contributed by atoms with Crippen LogP contribution in [0.15, 0.2) is 8.95 Å². The summed E-state index contributed by atoms with van der Waals surface area (Å²) >= 11 is 7.53. The molecule has 28 heavy (non-hydrogen) atoms. The zero-order valence-electron chi connectivity index (χ0n) is 17.8. The van der Waals surface area contributed by atoms with Gasteiger partial charge in [0.1, 0.15) is 26.0 Å². The molecule has 3 aliphatic carbocycles. The lowest BCUT2D eigenvalue weighted by molar-refractivity contribution is -0.199. The fraction of sp³-hybridized carbons (Fsp3) is 0.739. The first kappa shape index (κ1) is 20.8. The number of hydrogen-bond acceptors (Lipinski definition) is 3. The van der Waals surface area contributed by atoms with Crippen LogP contribution in [0, 0.1) is 23.2 Å². The zero-order chi connectivity index (χ0) is 20.4. The Hall–Kier alpha value is -0.420. The molecule has 1 aromatic carbocycles. The Bertz CT molecular complexity index is 787. The first-order valence-corrected chi connectivity index (χ1v) is 12.1. The Kier molecular flexibility index (Phi) is 5.27. The van der Waals surface area contributed by atoms with Crippen LogP contribution >= 0.6 is 31.9 Å². The van der Waals surface area contributed by atoms with Crippen LogP contribution in [-0.4, -0.2) is 19.8 Å². The average Bonchev–Trinajstić information content (AvgIpc) is 2.62. The number of halogens is 2. The molecular weight excluding hydrogens is 484 g/mol. The maximum absolute atomic E-state index is 7.00. The van der Waals surface area contributed by atoms with Crippen LogP contribution in [0.3, 0.4) is 0 Å². The summed E-state index contributed by atoms with van der Waals surface area (Å²) in [5.74, 6) is 5.06. The molecule has 3 nitrogen and oxygen atoms in total. The van der Waals surface area contributed by atoms with Crippen molar-refractivity contribution < 1.29 is 14.2 Å². The van der Waals surface area contributed by atoms with Crippen molar-refractivity contribution in [2.45, 2.75) is 71.3 Å². The fourth-order valence-corrected chi connectivity index (χ4v) is 8.04. The van der Waals surface area contributed by atoms with Crippen LogP contribution in [0.5, 0.6) is 17.2 Å². The third kappa shape index (κ3) is 2.85. The van der Waals surface area contributed by atoms with E-state index in [9.17, 15) is 0 Å². The van der Waals surface area contributed by atoms with E-state index in [0.29, 0.717) is 23.2 Å². The van der Waals surface area contributed by atoms with Gasteiger partial charge in [-0.3, -0.25) is 0 Å². The van der Waals surface area contributed by atoms with Crippen LogP contribution in [0.25, 0.3) is 0 Å². The van der Waals surface area contributed by atoms with Crippen molar-refractivity contribution in [1.29, 1.82) is 0 Å². The maximum atomic E-state index is 7.00. The van der Waals surface area contributed by atoms with Gasteiger partial charge >= 0.3 is 0 Å². The van der Waals surface area contributed by atoms with Gasteiger partial charge < -0.3 is 14.2 Å². The molecule has 1 aromatic rings. The Morgan fingerprint density at radius 2 is 1.79 bits per heavy atom. The molecule has 4 atom stereocenters. The van der Waals surface area contributed by atoms with Gasteiger partial charge in [0.05, 0.1) is 14.2 Å². The van der Waals surface area contributed by atoms with Crippen LogP contribution in [0.4, 0.5) is 0 Å². The predicted octanol–water partition coefficient (Wildman–Crippen LogP) is 7.34. The Morgan fingerprint density at radius 3 is 2.32 bits per heavy atom. The molecule has 2 bridgehead atoms. The quantitative estimate of drug-likeness (QED) is 0.419. The Balaban J connectivity index is 1.89. The number of hydrogen-bond donors (Lipinski definition) is 0. The monoisotopic (exact) mass is 514 g/mol. The lowest BCUT2D eigenvalue weighted by Gasteiger charge is -2.66. The summed E-state index contributed by atoms with van der Waals surface area (Å²) in [6.07, 6.45) is 5.96. The van der Waals surface area contributed by atoms with Gasteiger partial charge in [-0.05, 0) is 87.1 Å². The van der Waals surface area contributed by atoms with Crippen molar-refractivity contribution in [2.24, 2.45) is 23.2 Å². The normalized spacial score (nSPS) is 32.5. The number of fused-ring (bicyclic) bond motifs is 2. The molecule has 1 spiro atoms. The van der Waals surface area contributed by atoms with Crippen molar-refractivity contribution in [2.75, 3.05) is 14.2 Å². The second-order valence-electron chi connectivity index (χ2n) is 9.98. The largest absolute Gasteiger partial charge is 0.495 e. The highest BCUT2D eigenvalue weighted by Gasteiger charge is 2.64. The zero-order valence-corrected chi connectivity index (χ0v) is 21.0. The molecule has 1 unspecified atom stereocenters. The summed E-state index contributed by atoms with van der Waals surface area (Å²) in [5, 5.41) is 0. The van der Waals surface area contributed by atoms with E-state index < -0.39 is 0 Å². The van der Waals surface area contributed by atoms with Crippen molar-refractivity contribution in [3.05, 3.63) is 14.5 Å². The molecule has 5 rings (SSSR count). The van der Waals surface area contributed by atoms with Gasteiger partial charge in [0.2, 0.25) is 0 Å². The van der Waals surface area contributed by atoms with E-state index in [4.69, 9.17) is 14.2 Å². The fourth-order valence-electron chi connectivity index (χ4n) is 6.38. The molecular formula is C23H32Br2O3. The predicted molar refractivity (Wildman–Crippen MR) is 120 cm³/mol. The Morgan fingerprint density at radius 1 is 1.11 bits per heavy atom. The van der Waals surface area contributed by atoms with Crippen LogP contribution < -0.4 is 14.2 Å². The molecule has 1 aliphatic heterocycles. The van der Waals surface area contributed by atoms with Crippen LogP contribution in [0.2, 0.25) is 0 Å². The molecule has 5 heteroatoms. The summed E-state index contributed by atoms with van der Waals surface area (Å²) in [6, 6.07) is 0. The highest BCUT2D eigenvalue weighted by Crippen LogP contribution is 2.68. The lowest BCUT2D eigenvalue weighted by atomic mass is 9.42. The third-order valence-electron chi connectivity index (χ3n) is 7.78. The van der Waals surface area contributed by atoms with E-state index in [1.54, 1.807) is 14.2 Å². The number of rotatable bonds is 4. The topological polar surface area (TPSA) is 27.7 Å². The average molecular weight is 516 g/mol. The van der Waals surface area contributed by atoms with E-state index in [-0.39, 0.29) is 5.60 Å². The van der Waals surface area contributed by atoms with Gasteiger partial charge in [-0.2, -0.15) is 0 Å². The summed E-state index contributed by atoms with van der Waals surface area (Å²) in [6.45, 7) is 9.51. The summed E-state index contributed by atoms with van der Waals surface area (Å²) < 4.78 is 20.4. The minimum Gasteiger partial charge on any atom is -0.495 e. The van der Waals surface area contributed by atoms with Crippen molar-refractivity contribution >= 4 is 31.9 Å². The smallest absolute Gasteiger partial charge is 0.154 e. The third-order valence-corrected chi connectivity index (χ3v) is 9.22. The minimum absolute atomic E-state index is 0.0722. The molecule has 0 N–H and O–H groups in total. The van der Waals surface area contributed by atoms with Crippen LogP contribution in [-0.2, 0) is 0 Å². The highest BCUT2D eigenvalue weighted by molar-refractivity contribution is 9.11. The lowest BCUT2D eigenvalue weighted by Crippen LogP contribution is -2.65. The number of methoxy groups -OCH3 is 2. The highest BCUT2D eigenvalue weighted by atomic mass is 79.9. The van der Waals surface area contributed by atoms with Crippen molar-refractivity contribution in [3.63, 3.8) is 0 Å². The minimum atomic E-state index is -0.0722. The van der Waals surface area contributed by atoms with Gasteiger partial charge in [-0.1, -0.05) is 27.7 Å². The first-order chi connectivity index (χ1) is 13.2. The molecule has 1 heterocycles. The van der Waals surface area contributed by atoms with Gasteiger partial charge in [0, 0.05) is 11.5 Å².